The number of ether oxygens (including phenoxy) is 1. The van der Waals surface area contributed by atoms with Crippen LogP contribution in [0.4, 0.5) is 4.79 Å². The SMILES string of the molecule is C=N[NH+]([N-]C=N)C(=O)OC. The van der Waals surface area contributed by atoms with Crippen molar-refractivity contribution in [3.63, 3.8) is 0 Å². The summed E-state index contributed by atoms with van der Waals surface area (Å²) in [4.78, 5) is 10.5. The van der Waals surface area contributed by atoms with E-state index >= 15 is 0 Å². The number of carbonyl (C=O) groups excluding carboxylic acids is 1. The molecule has 0 spiro atoms. The zero-order valence-electron chi connectivity index (χ0n) is 5.50. The molecule has 0 aromatic rings. The van der Waals surface area contributed by atoms with Crippen molar-refractivity contribution in [2.24, 2.45) is 5.10 Å². The third-order valence-corrected chi connectivity index (χ3v) is 0.705. The quantitative estimate of drug-likeness (QED) is 0.307. The number of methoxy groups -OCH3 is 1. The number of carbonyl (C=O) groups is 1. The van der Waals surface area contributed by atoms with Crippen LogP contribution in [0.1, 0.15) is 0 Å². The van der Waals surface area contributed by atoms with Gasteiger partial charge in [-0.2, -0.15) is 4.79 Å². The molecule has 0 heterocycles. The highest BCUT2D eigenvalue weighted by Crippen LogP contribution is 1.67. The van der Waals surface area contributed by atoms with E-state index in [1.165, 1.54) is 7.11 Å². The van der Waals surface area contributed by atoms with E-state index in [-0.39, 0.29) is 5.12 Å². The van der Waals surface area contributed by atoms with Crippen LogP contribution < -0.4 is 5.12 Å². The van der Waals surface area contributed by atoms with Crippen molar-refractivity contribution in [1.29, 1.82) is 5.41 Å². The van der Waals surface area contributed by atoms with Gasteiger partial charge in [0.05, 0.1) is 7.11 Å². The molecule has 1 unspecified atom stereocenters. The Balaban J connectivity index is 3.91. The number of nitrogens with one attached hydrogen (secondary N) is 2. The maximum atomic E-state index is 10.5. The molecule has 0 saturated heterocycles. The number of quaternary nitrogens is 1. The van der Waals surface area contributed by atoms with Crippen molar-refractivity contribution in [3.05, 3.63) is 5.43 Å². The van der Waals surface area contributed by atoms with Crippen LogP contribution in [0.3, 0.4) is 0 Å². The minimum absolute atomic E-state index is 0.211. The molecule has 0 aliphatic rings. The minimum Gasteiger partial charge on any atom is -0.484 e. The van der Waals surface area contributed by atoms with Gasteiger partial charge in [0.1, 0.15) is 0 Å². The highest BCUT2D eigenvalue weighted by Gasteiger charge is 2.13. The topological polar surface area (TPSA) is 81.0 Å². The van der Waals surface area contributed by atoms with E-state index < -0.39 is 6.09 Å². The van der Waals surface area contributed by atoms with Crippen molar-refractivity contribution >= 4 is 19.1 Å². The van der Waals surface area contributed by atoms with Gasteiger partial charge in [-0.25, -0.2) is 5.43 Å². The fourth-order valence-corrected chi connectivity index (χ4v) is 0.311. The molecule has 0 aliphatic carbocycles. The smallest absolute Gasteiger partial charge is 0.484 e. The molecular weight excluding hydrogens is 136 g/mol. The van der Waals surface area contributed by atoms with Gasteiger partial charge in [-0.05, 0) is 6.34 Å². The zero-order chi connectivity index (χ0) is 7.98. The van der Waals surface area contributed by atoms with Crippen LogP contribution in [0.25, 0.3) is 5.43 Å². The van der Waals surface area contributed by atoms with E-state index in [0.717, 1.165) is 0 Å². The van der Waals surface area contributed by atoms with Gasteiger partial charge in [-0.3, -0.25) is 0 Å². The molecule has 10 heavy (non-hydrogen) atoms. The van der Waals surface area contributed by atoms with Gasteiger partial charge < -0.3 is 10.1 Å². The highest BCUT2D eigenvalue weighted by molar-refractivity contribution is 5.67. The molecule has 0 rings (SSSR count). The number of hydrogen-bond donors (Lipinski definition) is 2. The van der Waals surface area contributed by atoms with Crippen molar-refractivity contribution in [2.45, 2.75) is 0 Å². The van der Waals surface area contributed by atoms with E-state index in [9.17, 15) is 4.79 Å². The summed E-state index contributed by atoms with van der Waals surface area (Å²) in [5.74, 6) is 0. The van der Waals surface area contributed by atoms with Crippen LogP contribution in [0.5, 0.6) is 0 Å². The number of rotatable bonds is 3. The van der Waals surface area contributed by atoms with Gasteiger partial charge in [0.25, 0.3) is 0 Å². The molecule has 0 bridgehead atoms. The molecule has 0 radical (unpaired) electrons. The third-order valence-electron chi connectivity index (χ3n) is 0.705. The van der Waals surface area contributed by atoms with Crippen LogP contribution in [-0.2, 0) is 4.74 Å². The van der Waals surface area contributed by atoms with Gasteiger partial charge in [0, 0.05) is 6.72 Å². The van der Waals surface area contributed by atoms with Crippen LogP contribution in [0, 0.1) is 5.41 Å². The normalized spacial score (nSPS) is 11.3. The first-order valence-electron chi connectivity index (χ1n) is 2.38. The Bertz CT molecular complexity index is 146. The zero-order valence-corrected chi connectivity index (χ0v) is 5.50. The first kappa shape index (κ1) is 8.57. The summed E-state index contributed by atoms with van der Waals surface area (Å²) in [6.07, 6.45) is -0.000463. The summed E-state index contributed by atoms with van der Waals surface area (Å²) in [6.45, 7) is 3.06. The second kappa shape index (κ2) is 4.45. The van der Waals surface area contributed by atoms with Crippen molar-refractivity contribution in [3.8, 4) is 0 Å². The maximum Gasteiger partial charge on any atom is 0.552 e. The highest BCUT2D eigenvalue weighted by atomic mass is 16.6. The van der Waals surface area contributed by atoms with Crippen LogP contribution in [0.2, 0.25) is 0 Å². The molecule has 0 aromatic carbocycles. The first-order chi connectivity index (χ1) is 4.76. The van der Waals surface area contributed by atoms with Gasteiger partial charge in [-0.1, -0.05) is 10.2 Å². The fraction of sp³-hybridized carbons (Fsp3) is 0.250. The minimum atomic E-state index is -0.696. The first-order valence-corrected chi connectivity index (χ1v) is 2.38. The summed E-state index contributed by atoms with van der Waals surface area (Å²) >= 11 is 0. The average molecular weight is 144 g/mol. The maximum absolute atomic E-state index is 10.5. The van der Waals surface area contributed by atoms with Crippen molar-refractivity contribution < 1.29 is 14.6 Å². The predicted molar refractivity (Wildman–Crippen MR) is 35.1 cm³/mol. The van der Waals surface area contributed by atoms with Crippen molar-refractivity contribution in [1.82, 2.24) is 0 Å². The molecule has 0 saturated carbocycles. The van der Waals surface area contributed by atoms with Crippen LogP contribution >= 0.6 is 0 Å². The molecule has 1 atom stereocenters. The number of amides is 1. The Morgan fingerprint density at radius 2 is 2.60 bits per heavy atom. The molecular formula is C4H8N4O2. The Kier molecular flexibility index (Phi) is 3.81. The molecule has 0 aliphatic heterocycles. The van der Waals surface area contributed by atoms with Crippen LogP contribution in [-0.4, -0.2) is 26.3 Å². The Morgan fingerprint density at radius 1 is 2.00 bits per heavy atom. The number of nitrogens with zero attached hydrogens (tertiary/aromatic N) is 2. The molecule has 0 aromatic heterocycles. The summed E-state index contributed by atoms with van der Waals surface area (Å²) in [5, 5.41) is 9.51. The van der Waals surface area contributed by atoms with Gasteiger partial charge >= 0.3 is 6.09 Å². The largest absolute Gasteiger partial charge is 0.552 e. The lowest BCUT2D eigenvalue weighted by Crippen LogP contribution is -3.06. The predicted octanol–water partition coefficient (Wildman–Crippen LogP) is -0.851. The number of hydrogen-bond acceptors (Lipinski definition) is 4. The molecule has 6 heteroatoms. The molecule has 6 nitrogen and oxygen atoms in total. The third kappa shape index (κ3) is 2.23. The lowest BCUT2D eigenvalue weighted by Gasteiger charge is -2.08. The Labute approximate surface area is 57.9 Å². The standard InChI is InChI=1S/C4H8N4O2/c1-6-8(7-3-5)4(9)10-2/h3,8H,1H2,2H3,(H-,5,7). The van der Waals surface area contributed by atoms with Crippen LogP contribution in [0.15, 0.2) is 5.10 Å². The Hall–Kier alpha value is -1.43. The lowest BCUT2D eigenvalue weighted by atomic mass is 11.1. The van der Waals surface area contributed by atoms with E-state index in [1.54, 1.807) is 0 Å². The van der Waals surface area contributed by atoms with E-state index in [4.69, 9.17) is 5.41 Å². The summed E-state index contributed by atoms with van der Waals surface area (Å²) in [5.41, 5.74) is 3.27. The van der Waals surface area contributed by atoms with Crippen molar-refractivity contribution in [2.75, 3.05) is 7.11 Å². The van der Waals surface area contributed by atoms with E-state index in [2.05, 4.69) is 22.0 Å². The fourth-order valence-electron chi connectivity index (χ4n) is 0.311. The van der Waals surface area contributed by atoms with E-state index in [1.807, 2.05) is 0 Å². The monoisotopic (exact) mass is 144 g/mol. The lowest BCUT2D eigenvalue weighted by molar-refractivity contribution is -0.783. The summed E-state index contributed by atoms with van der Waals surface area (Å²) in [7, 11) is 1.20. The second-order valence-corrected chi connectivity index (χ2v) is 1.23. The molecule has 0 fully saturated rings. The molecule has 2 N–H and O–H groups in total. The van der Waals surface area contributed by atoms with Gasteiger partial charge in [-0.15, -0.1) is 0 Å². The summed E-state index contributed by atoms with van der Waals surface area (Å²) in [6, 6.07) is 0. The molecule has 1 amide bonds. The average Bonchev–Trinajstić information content (AvgIpc) is 1.99. The molecule has 56 valence electrons. The van der Waals surface area contributed by atoms with E-state index in [0.29, 0.717) is 6.34 Å². The summed E-state index contributed by atoms with van der Waals surface area (Å²) < 4.78 is 4.25. The van der Waals surface area contributed by atoms with Gasteiger partial charge in [0.2, 0.25) is 0 Å². The second-order valence-electron chi connectivity index (χ2n) is 1.23. The Morgan fingerprint density at radius 3 is 2.90 bits per heavy atom. The van der Waals surface area contributed by atoms with Gasteiger partial charge in [0.15, 0.2) is 0 Å².